The van der Waals surface area contributed by atoms with Crippen molar-refractivity contribution < 1.29 is 9.53 Å². The number of methoxy groups -OCH3 is 1. The zero-order valence-corrected chi connectivity index (χ0v) is 12.3. The van der Waals surface area contributed by atoms with Crippen molar-refractivity contribution in [2.45, 2.75) is 33.1 Å². The van der Waals surface area contributed by atoms with Crippen molar-refractivity contribution in [2.75, 3.05) is 31.3 Å². The Balaban J connectivity index is 2.96. The molecular weight excluding hydrogens is 240 g/mol. The number of ether oxygens (including phenoxy) is 1. The maximum absolute atomic E-state index is 11.7. The van der Waals surface area contributed by atoms with Crippen molar-refractivity contribution in [1.29, 1.82) is 0 Å². The number of carbonyl (C=O) groups is 1. The van der Waals surface area contributed by atoms with Gasteiger partial charge in [-0.3, -0.25) is 0 Å². The largest absolute Gasteiger partial charge is 0.465 e. The Labute approximate surface area is 115 Å². The highest BCUT2D eigenvalue weighted by molar-refractivity contribution is 5.97. The Kier molecular flexibility index (Phi) is 5.67. The van der Waals surface area contributed by atoms with Crippen molar-refractivity contribution >= 4 is 17.3 Å². The maximum Gasteiger partial charge on any atom is 0.340 e. The average Bonchev–Trinajstić information content (AvgIpc) is 2.40. The molecule has 2 N–H and O–H groups in total. The molecule has 0 fully saturated rings. The van der Waals surface area contributed by atoms with Crippen LogP contribution in [0.2, 0.25) is 0 Å². The number of benzene rings is 1. The first-order chi connectivity index (χ1) is 9.01. The van der Waals surface area contributed by atoms with E-state index in [0.29, 0.717) is 11.3 Å². The number of esters is 1. The van der Waals surface area contributed by atoms with Gasteiger partial charge in [-0.2, -0.15) is 0 Å². The van der Waals surface area contributed by atoms with Crippen LogP contribution in [0.3, 0.4) is 0 Å². The number of hydrogen-bond acceptors (Lipinski definition) is 4. The highest BCUT2D eigenvalue weighted by Gasteiger charge is 2.14. The summed E-state index contributed by atoms with van der Waals surface area (Å²) >= 11 is 0. The number of aryl methyl sites for hydroxylation is 1. The molecule has 1 aromatic carbocycles. The van der Waals surface area contributed by atoms with Crippen LogP contribution < -0.4 is 10.6 Å². The molecule has 0 unspecified atom stereocenters. The molecule has 0 aliphatic rings. The number of anilines is 2. The summed E-state index contributed by atoms with van der Waals surface area (Å²) in [4.78, 5) is 13.8. The van der Waals surface area contributed by atoms with E-state index in [1.54, 1.807) is 6.07 Å². The monoisotopic (exact) mass is 264 g/mol. The van der Waals surface area contributed by atoms with Crippen LogP contribution in [0, 0.1) is 6.92 Å². The van der Waals surface area contributed by atoms with E-state index in [4.69, 9.17) is 10.5 Å². The highest BCUT2D eigenvalue weighted by Crippen LogP contribution is 2.25. The SMILES string of the molecule is CCCCCN(C)c1cc(C)c(N)c(C(=O)OC)c1. The van der Waals surface area contributed by atoms with Crippen molar-refractivity contribution in [3.8, 4) is 0 Å². The van der Waals surface area contributed by atoms with E-state index >= 15 is 0 Å². The van der Waals surface area contributed by atoms with Gasteiger partial charge in [-0.1, -0.05) is 19.8 Å². The predicted octanol–water partition coefficient (Wildman–Crippen LogP) is 2.99. The second kappa shape index (κ2) is 7.02. The minimum absolute atomic E-state index is 0.385. The molecule has 0 amide bonds. The van der Waals surface area contributed by atoms with Gasteiger partial charge in [-0.05, 0) is 31.0 Å². The summed E-state index contributed by atoms with van der Waals surface area (Å²) in [6, 6.07) is 3.81. The lowest BCUT2D eigenvalue weighted by atomic mass is 10.1. The van der Waals surface area contributed by atoms with Gasteiger partial charge in [0.15, 0.2) is 0 Å². The summed E-state index contributed by atoms with van der Waals surface area (Å²) in [6.45, 7) is 5.06. The molecule has 0 heterocycles. The molecule has 1 rings (SSSR count). The van der Waals surface area contributed by atoms with Gasteiger partial charge in [-0.15, -0.1) is 0 Å². The van der Waals surface area contributed by atoms with Crippen molar-refractivity contribution in [3.63, 3.8) is 0 Å². The molecule has 0 saturated heterocycles. The van der Waals surface area contributed by atoms with Gasteiger partial charge < -0.3 is 15.4 Å². The number of nitrogens with zero attached hydrogens (tertiary/aromatic N) is 1. The Morgan fingerprint density at radius 3 is 2.63 bits per heavy atom. The van der Waals surface area contributed by atoms with Crippen LogP contribution in [0.1, 0.15) is 42.1 Å². The standard InChI is InChI=1S/C15H24N2O2/c1-5-6-7-8-17(3)12-9-11(2)14(16)13(10-12)15(18)19-4/h9-10H,5-8,16H2,1-4H3. The van der Waals surface area contributed by atoms with Gasteiger partial charge in [0.1, 0.15) is 0 Å². The smallest absolute Gasteiger partial charge is 0.340 e. The molecule has 0 aliphatic carbocycles. The summed E-state index contributed by atoms with van der Waals surface area (Å²) in [7, 11) is 3.40. The number of hydrogen-bond donors (Lipinski definition) is 1. The van der Waals surface area contributed by atoms with Crippen molar-refractivity contribution in [3.05, 3.63) is 23.3 Å². The third-order valence-electron chi connectivity index (χ3n) is 3.31. The number of rotatable bonds is 6. The van der Waals surface area contributed by atoms with Crippen LogP contribution in [0.25, 0.3) is 0 Å². The molecule has 0 atom stereocenters. The fourth-order valence-electron chi connectivity index (χ4n) is 2.01. The van der Waals surface area contributed by atoms with E-state index in [9.17, 15) is 4.79 Å². The number of nitrogen functional groups attached to an aromatic ring is 1. The Bertz CT molecular complexity index is 444. The molecule has 0 saturated carbocycles. The maximum atomic E-state index is 11.7. The quantitative estimate of drug-likeness (QED) is 0.487. The van der Waals surface area contributed by atoms with Crippen LogP contribution in [0.15, 0.2) is 12.1 Å². The van der Waals surface area contributed by atoms with Gasteiger partial charge in [0.05, 0.1) is 12.7 Å². The van der Waals surface area contributed by atoms with Crippen LogP contribution in [-0.4, -0.2) is 26.7 Å². The topological polar surface area (TPSA) is 55.6 Å². The summed E-state index contributed by atoms with van der Waals surface area (Å²) in [6.07, 6.45) is 3.55. The van der Waals surface area contributed by atoms with E-state index in [-0.39, 0.29) is 5.97 Å². The van der Waals surface area contributed by atoms with Crippen LogP contribution in [-0.2, 0) is 4.74 Å². The van der Waals surface area contributed by atoms with Gasteiger partial charge in [0.2, 0.25) is 0 Å². The van der Waals surface area contributed by atoms with Crippen molar-refractivity contribution in [2.24, 2.45) is 0 Å². The van der Waals surface area contributed by atoms with E-state index in [1.165, 1.54) is 20.0 Å². The van der Waals surface area contributed by atoms with Crippen LogP contribution >= 0.6 is 0 Å². The summed E-state index contributed by atoms with van der Waals surface area (Å²) in [5.74, 6) is -0.385. The molecule has 0 radical (unpaired) electrons. The Morgan fingerprint density at radius 1 is 1.37 bits per heavy atom. The number of nitrogens with two attached hydrogens (primary N) is 1. The molecule has 0 bridgehead atoms. The van der Waals surface area contributed by atoms with E-state index in [1.807, 2.05) is 20.0 Å². The molecular formula is C15H24N2O2. The second-order valence-corrected chi connectivity index (χ2v) is 4.84. The lowest BCUT2D eigenvalue weighted by molar-refractivity contribution is 0.0602. The lowest BCUT2D eigenvalue weighted by Crippen LogP contribution is -2.19. The van der Waals surface area contributed by atoms with Gasteiger partial charge in [0.25, 0.3) is 0 Å². The minimum Gasteiger partial charge on any atom is -0.465 e. The lowest BCUT2D eigenvalue weighted by Gasteiger charge is -2.21. The first-order valence-corrected chi connectivity index (χ1v) is 6.70. The average molecular weight is 264 g/mol. The molecule has 4 heteroatoms. The minimum atomic E-state index is -0.385. The fraction of sp³-hybridized carbons (Fsp3) is 0.533. The molecule has 0 spiro atoms. The number of unbranched alkanes of at least 4 members (excludes halogenated alkanes) is 2. The highest BCUT2D eigenvalue weighted by atomic mass is 16.5. The first kappa shape index (κ1) is 15.3. The fourth-order valence-corrected chi connectivity index (χ4v) is 2.01. The molecule has 106 valence electrons. The molecule has 4 nitrogen and oxygen atoms in total. The number of carbonyl (C=O) groups excluding carboxylic acids is 1. The van der Waals surface area contributed by atoms with E-state index < -0.39 is 0 Å². The van der Waals surface area contributed by atoms with Gasteiger partial charge in [0, 0.05) is 25.0 Å². The van der Waals surface area contributed by atoms with Crippen LogP contribution in [0.4, 0.5) is 11.4 Å². The van der Waals surface area contributed by atoms with E-state index in [0.717, 1.165) is 24.2 Å². The van der Waals surface area contributed by atoms with Crippen molar-refractivity contribution in [1.82, 2.24) is 0 Å². The third kappa shape index (κ3) is 3.88. The third-order valence-corrected chi connectivity index (χ3v) is 3.31. The Morgan fingerprint density at radius 2 is 2.05 bits per heavy atom. The van der Waals surface area contributed by atoms with Gasteiger partial charge >= 0.3 is 5.97 Å². The predicted molar refractivity (Wildman–Crippen MR) is 79.7 cm³/mol. The zero-order chi connectivity index (χ0) is 14.4. The first-order valence-electron chi connectivity index (χ1n) is 6.70. The molecule has 0 aromatic heterocycles. The molecule has 0 aliphatic heterocycles. The summed E-state index contributed by atoms with van der Waals surface area (Å²) in [5.41, 5.74) is 8.78. The summed E-state index contributed by atoms with van der Waals surface area (Å²) in [5, 5.41) is 0. The van der Waals surface area contributed by atoms with E-state index in [2.05, 4.69) is 11.8 Å². The zero-order valence-electron chi connectivity index (χ0n) is 12.3. The normalized spacial score (nSPS) is 10.3. The molecule has 1 aromatic rings. The second-order valence-electron chi connectivity index (χ2n) is 4.84. The molecule has 19 heavy (non-hydrogen) atoms. The van der Waals surface area contributed by atoms with Crippen LogP contribution in [0.5, 0.6) is 0 Å². The summed E-state index contributed by atoms with van der Waals surface area (Å²) < 4.78 is 4.77. The van der Waals surface area contributed by atoms with Gasteiger partial charge in [-0.25, -0.2) is 4.79 Å². The Hall–Kier alpha value is -1.71.